The molecule has 1 heterocycles. The lowest BCUT2D eigenvalue weighted by molar-refractivity contribution is -0.274. The van der Waals surface area contributed by atoms with Crippen LogP contribution < -0.4 is 4.74 Å². The molecular weight excluding hydrogens is 391 g/mol. The second-order valence-electron chi connectivity index (χ2n) is 6.25. The molecule has 1 aliphatic heterocycles. The van der Waals surface area contributed by atoms with Crippen LogP contribution in [0.15, 0.2) is 23.1 Å². The molecule has 11 heteroatoms. The molecule has 0 amide bonds. The van der Waals surface area contributed by atoms with E-state index in [1.807, 2.05) is 0 Å². The predicted molar refractivity (Wildman–Crippen MR) is 87.8 cm³/mol. The molecule has 2 rings (SSSR count). The van der Waals surface area contributed by atoms with Gasteiger partial charge in [-0.2, -0.15) is 4.31 Å². The number of carboxylic acids is 1. The van der Waals surface area contributed by atoms with Gasteiger partial charge in [-0.1, -0.05) is 6.92 Å². The first-order chi connectivity index (χ1) is 12.4. The lowest BCUT2D eigenvalue weighted by Crippen LogP contribution is -2.30. The molecule has 1 aliphatic rings. The molecule has 2 unspecified atom stereocenters. The summed E-state index contributed by atoms with van der Waals surface area (Å²) in [5.74, 6) is -2.69. The minimum absolute atomic E-state index is 0.0642. The van der Waals surface area contributed by atoms with Crippen LogP contribution >= 0.6 is 0 Å². The van der Waals surface area contributed by atoms with E-state index >= 15 is 0 Å². The van der Waals surface area contributed by atoms with Crippen molar-refractivity contribution in [1.82, 2.24) is 4.31 Å². The van der Waals surface area contributed by atoms with Crippen molar-refractivity contribution >= 4 is 16.0 Å². The Kier molecular flexibility index (Phi) is 6.38. The number of sulfonamides is 1. The number of benzene rings is 1. The number of ether oxygens (including phenoxy) is 2. The van der Waals surface area contributed by atoms with E-state index < -0.39 is 38.9 Å². The number of hydrogen-bond acceptors (Lipinski definition) is 5. The van der Waals surface area contributed by atoms with Crippen molar-refractivity contribution in [2.75, 3.05) is 20.2 Å². The van der Waals surface area contributed by atoms with Crippen molar-refractivity contribution in [3.63, 3.8) is 0 Å². The SMILES string of the molecule is CCC(Cc1cc(OC(F)(F)F)cc(S(=O)(=O)N(C)CC2CO2)c1)C(=O)O. The fourth-order valence-electron chi connectivity index (χ4n) is 2.52. The molecule has 1 saturated heterocycles. The van der Waals surface area contributed by atoms with Crippen molar-refractivity contribution in [1.29, 1.82) is 0 Å². The minimum Gasteiger partial charge on any atom is -0.481 e. The predicted octanol–water partition coefficient (Wildman–Crippen LogP) is 2.26. The Morgan fingerprint density at radius 1 is 1.41 bits per heavy atom. The van der Waals surface area contributed by atoms with Crippen LogP contribution in [-0.4, -0.2) is 56.5 Å². The van der Waals surface area contributed by atoms with Gasteiger partial charge in [0.05, 0.1) is 23.5 Å². The number of nitrogens with zero attached hydrogens (tertiary/aromatic N) is 1. The maximum atomic E-state index is 12.7. The normalized spacial score (nSPS) is 18.4. The van der Waals surface area contributed by atoms with Crippen LogP contribution in [0, 0.1) is 5.92 Å². The number of halogens is 3. The fraction of sp³-hybridized carbons (Fsp3) is 0.562. The number of likely N-dealkylation sites (N-methyl/N-ethyl adjacent to an activating group) is 1. The highest BCUT2D eigenvalue weighted by atomic mass is 32.2. The molecule has 0 saturated carbocycles. The third-order valence-corrected chi connectivity index (χ3v) is 5.87. The Labute approximate surface area is 154 Å². The molecule has 1 aromatic rings. The average Bonchev–Trinajstić information content (AvgIpc) is 3.34. The van der Waals surface area contributed by atoms with Crippen molar-refractivity contribution < 1.29 is 41.0 Å². The summed E-state index contributed by atoms with van der Waals surface area (Å²) < 4.78 is 73.0. The van der Waals surface area contributed by atoms with Crippen molar-refractivity contribution in [2.24, 2.45) is 5.92 Å². The number of aliphatic carboxylic acids is 1. The summed E-state index contributed by atoms with van der Waals surface area (Å²) in [4.78, 5) is 10.8. The Balaban J connectivity index is 2.40. The number of alkyl halides is 3. The minimum atomic E-state index is -5.01. The van der Waals surface area contributed by atoms with E-state index in [0.717, 1.165) is 16.4 Å². The monoisotopic (exact) mass is 411 g/mol. The molecule has 2 atom stereocenters. The summed E-state index contributed by atoms with van der Waals surface area (Å²) in [5.41, 5.74) is 0.126. The first kappa shape index (κ1) is 21.5. The van der Waals surface area contributed by atoms with Crippen LogP contribution in [0.1, 0.15) is 18.9 Å². The molecule has 0 aliphatic carbocycles. The van der Waals surface area contributed by atoms with Crippen LogP contribution in [0.5, 0.6) is 5.75 Å². The van der Waals surface area contributed by atoms with Gasteiger partial charge in [-0.15, -0.1) is 13.2 Å². The van der Waals surface area contributed by atoms with Gasteiger partial charge in [0.25, 0.3) is 0 Å². The van der Waals surface area contributed by atoms with Crippen LogP contribution in [-0.2, 0) is 26.0 Å². The number of rotatable bonds is 9. The largest absolute Gasteiger partial charge is 0.573 e. The third-order valence-electron chi connectivity index (χ3n) is 4.07. The van der Waals surface area contributed by atoms with Crippen LogP contribution in [0.4, 0.5) is 13.2 Å². The zero-order chi connectivity index (χ0) is 20.4. The van der Waals surface area contributed by atoms with E-state index in [0.29, 0.717) is 6.61 Å². The first-order valence-electron chi connectivity index (χ1n) is 8.13. The van der Waals surface area contributed by atoms with E-state index in [-0.39, 0.29) is 31.1 Å². The molecule has 7 nitrogen and oxygen atoms in total. The first-order valence-corrected chi connectivity index (χ1v) is 9.57. The zero-order valence-corrected chi connectivity index (χ0v) is 15.5. The summed E-state index contributed by atoms with van der Waals surface area (Å²) in [6, 6.07) is 2.95. The van der Waals surface area contributed by atoms with E-state index in [9.17, 15) is 26.4 Å². The Bertz CT molecular complexity index is 792. The quantitative estimate of drug-likeness (QED) is 0.626. The Hall–Kier alpha value is -1.85. The summed E-state index contributed by atoms with van der Waals surface area (Å²) in [7, 11) is -2.81. The molecular formula is C16H20F3NO6S. The molecule has 0 spiro atoms. The van der Waals surface area contributed by atoms with E-state index in [2.05, 4.69) is 4.74 Å². The smallest absolute Gasteiger partial charge is 0.481 e. The van der Waals surface area contributed by atoms with Gasteiger partial charge in [-0.3, -0.25) is 4.79 Å². The lowest BCUT2D eigenvalue weighted by atomic mass is 9.97. The van der Waals surface area contributed by atoms with Crippen molar-refractivity contribution in [2.45, 2.75) is 37.1 Å². The molecule has 0 bridgehead atoms. The topological polar surface area (TPSA) is 96.4 Å². The highest BCUT2D eigenvalue weighted by Crippen LogP contribution is 2.30. The second kappa shape index (κ2) is 8.03. The molecule has 152 valence electrons. The molecule has 1 fully saturated rings. The number of hydrogen-bond donors (Lipinski definition) is 1. The van der Waals surface area contributed by atoms with Gasteiger partial charge < -0.3 is 14.6 Å². The molecule has 1 aromatic carbocycles. The fourth-order valence-corrected chi connectivity index (χ4v) is 3.81. The van der Waals surface area contributed by atoms with Gasteiger partial charge in [0.2, 0.25) is 10.0 Å². The standard InChI is InChI=1S/C16H20F3NO6S/c1-3-11(15(21)22)4-10-5-12(26-16(17,18)19)7-14(6-10)27(23,24)20(2)8-13-9-25-13/h5-7,11,13H,3-4,8-9H2,1-2H3,(H,21,22). The van der Waals surface area contributed by atoms with E-state index in [1.165, 1.54) is 13.1 Å². The van der Waals surface area contributed by atoms with E-state index in [4.69, 9.17) is 9.84 Å². The molecule has 0 aromatic heterocycles. The van der Waals surface area contributed by atoms with Gasteiger partial charge in [0.15, 0.2) is 0 Å². The summed E-state index contributed by atoms with van der Waals surface area (Å²) >= 11 is 0. The highest BCUT2D eigenvalue weighted by molar-refractivity contribution is 7.89. The van der Waals surface area contributed by atoms with Crippen molar-refractivity contribution in [3.8, 4) is 5.75 Å². The molecule has 0 radical (unpaired) electrons. The maximum absolute atomic E-state index is 12.7. The number of epoxide rings is 1. The van der Waals surface area contributed by atoms with Gasteiger partial charge in [0, 0.05) is 19.7 Å². The Morgan fingerprint density at radius 2 is 2.04 bits per heavy atom. The average molecular weight is 411 g/mol. The number of carboxylic acid groups (broad SMARTS) is 1. The summed E-state index contributed by atoms with van der Waals surface area (Å²) in [6.45, 7) is 2.10. The third kappa shape index (κ3) is 6.08. The second-order valence-corrected chi connectivity index (χ2v) is 8.29. The van der Waals surface area contributed by atoms with E-state index in [1.54, 1.807) is 6.92 Å². The van der Waals surface area contributed by atoms with Gasteiger partial charge in [0.1, 0.15) is 5.75 Å². The van der Waals surface area contributed by atoms with Gasteiger partial charge in [-0.05, 0) is 30.5 Å². The zero-order valence-electron chi connectivity index (χ0n) is 14.7. The molecule has 1 N–H and O–H groups in total. The maximum Gasteiger partial charge on any atom is 0.573 e. The summed E-state index contributed by atoms with van der Waals surface area (Å²) in [5, 5.41) is 9.16. The van der Waals surface area contributed by atoms with Crippen molar-refractivity contribution in [3.05, 3.63) is 23.8 Å². The number of carbonyl (C=O) groups is 1. The van der Waals surface area contributed by atoms with Gasteiger partial charge >= 0.3 is 12.3 Å². The lowest BCUT2D eigenvalue weighted by Gasteiger charge is -2.19. The van der Waals surface area contributed by atoms with Crippen LogP contribution in [0.3, 0.4) is 0 Å². The highest BCUT2D eigenvalue weighted by Gasteiger charge is 2.34. The summed E-state index contributed by atoms with van der Waals surface area (Å²) in [6.07, 6.45) is -5.14. The van der Waals surface area contributed by atoms with Crippen LogP contribution in [0.25, 0.3) is 0 Å². The Morgan fingerprint density at radius 3 is 2.52 bits per heavy atom. The van der Waals surface area contributed by atoms with Gasteiger partial charge in [-0.25, -0.2) is 8.42 Å². The van der Waals surface area contributed by atoms with Crippen LogP contribution in [0.2, 0.25) is 0 Å². The molecule has 27 heavy (non-hydrogen) atoms.